The van der Waals surface area contributed by atoms with E-state index in [1.54, 1.807) is 23.7 Å². The average Bonchev–Trinajstić information content (AvgIpc) is 3.27. The van der Waals surface area contributed by atoms with Gasteiger partial charge in [-0.15, -0.1) is 5.10 Å². The Morgan fingerprint density at radius 1 is 1.13 bits per heavy atom. The molecule has 0 radical (unpaired) electrons. The van der Waals surface area contributed by atoms with Crippen molar-refractivity contribution < 1.29 is 9.53 Å². The molecule has 0 bridgehead atoms. The fourth-order valence-electron chi connectivity index (χ4n) is 4.17. The first-order valence-electron chi connectivity index (χ1n) is 10.5. The van der Waals surface area contributed by atoms with Crippen molar-refractivity contribution in [1.82, 2.24) is 20.2 Å². The fraction of sp³-hybridized carbons (Fsp3) is 0.391. The summed E-state index contributed by atoms with van der Waals surface area (Å²) in [7, 11) is 0. The number of hydrogen-bond donors (Lipinski definition) is 1. The molecule has 0 spiro atoms. The monoisotopic (exact) mass is 405 g/mol. The molecular weight excluding hydrogens is 378 g/mol. The second-order valence-corrected chi connectivity index (χ2v) is 7.77. The zero-order valence-electron chi connectivity index (χ0n) is 17.5. The molecule has 1 N–H and O–H groups in total. The molecule has 0 amide bonds. The number of nitrogens with zero attached hydrogens (tertiary/aromatic N) is 4. The molecule has 0 atom stereocenters. The van der Waals surface area contributed by atoms with E-state index >= 15 is 0 Å². The van der Waals surface area contributed by atoms with E-state index in [0.717, 1.165) is 42.9 Å². The summed E-state index contributed by atoms with van der Waals surface area (Å²) in [6.45, 7) is 4.23. The third kappa shape index (κ3) is 3.92. The molecule has 7 nitrogen and oxygen atoms in total. The number of aryl methyl sites for hydroxylation is 1. The Kier molecular flexibility index (Phi) is 5.79. The van der Waals surface area contributed by atoms with Crippen LogP contribution in [0.2, 0.25) is 0 Å². The topological polar surface area (TPSA) is 81.9 Å². The van der Waals surface area contributed by atoms with E-state index in [1.807, 2.05) is 24.3 Å². The van der Waals surface area contributed by atoms with Crippen LogP contribution in [0, 0.1) is 6.92 Å². The summed E-state index contributed by atoms with van der Waals surface area (Å²) >= 11 is 0. The number of aromatic nitrogens is 4. The largest absolute Gasteiger partial charge is 0.462 e. The van der Waals surface area contributed by atoms with Crippen LogP contribution in [-0.2, 0) is 10.3 Å². The Hall–Kier alpha value is -3.22. The summed E-state index contributed by atoms with van der Waals surface area (Å²) in [6, 6.07) is 15.5. The SMILES string of the molecule is CCOC(=O)c1cccc(-n2nnnc2C2(Nc3ccccc3C)CCCCC2)c1. The number of carbonyl (C=O) groups excluding carboxylic acids is 1. The molecule has 0 saturated heterocycles. The first-order valence-corrected chi connectivity index (χ1v) is 10.5. The van der Waals surface area contributed by atoms with Crippen molar-refractivity contribution in [3.05, 3.63) is 65.5 Å². The fourth-order valence-corrected chi connectivity index (χ4v) is 4.17. The first-order chi connectivity index (χ1) is 14.6. The van der Waals surface area contributed by atoms with Crippen molar-refractivity contribution in [3.8, 4) is 5.69 Å². The van der Waals surface area contributed by atoms with Gasteiger partial charge in [-0.25, -0.2) is 4.79 Å². The van der Waals surface area contributed by atoms with Gasteiger partial charge in [0.1, 0.15) is 0 Å². The summed E-state index contributed by atoms with van der Waals surface area (Å²) in [5.41, 5.74) is 3.14. The van der Waals surface area contributed by atoms with Crippen molar-refractivity contribution in [1.29, 1.82) is 0 Å². The maximum atomic E-state index is 12.2. The number of hydrogen-bond acceptors (Lipinski definition) is 6. The third-order valence-corrected chi connectivity index (χ3v) is 5.73. The van der Waals surface area contributed by atoms with Gasteiger partial charge in [-0.3, -0.25) is 0 Å². The number of carbonyl (C=O) groups is 1. The number of nitrogens with one attached hydrogen (secondary N) is 1. The Morgan fingerprint density at radius 3 is 2.70 bits per heavy atom. The van der Waals surface area contributed by atoms with E-state index < -0.39 is 0 Å². The van der Waals surface area contributed by atoms with Crippen LogP contribution in [0.25, 0.3) is 5.69 Å². The minimum atomic E-state index is -0.367. The predicted molar refractivity (Wildman–Crippen MR) is 115 cm³/mol. The molecule has 1 heterocycles. The van der Waals surface area contributed by atoms with Gasteiger partial charge in [0.05, 0.1) is 23.4 Å². The van der Waals surface area contributed by atoms with Crippen LogP contribution in [0.5, 0.6) is 0 Å². The van der Waals surface area contributed by atoms with Crippen molar-refractivity contribution in [2.24, 2.45) is 0 Å². The summed E-state index contributed by atoms with van der Waals surface area (Å²) < 4.78 is 6.90. The molecule has 3 aromatic rings. The first kappa shape index (κ1) is 20.1. The highest BCUT2D eigenvalue weighted by atomic mass is 16.5. The van der Waals surface area contributed by atoms with Crippen LogP contribution >= 0.6 is 0 Å². The van der Waals surface area contributed by atoms with Crippen LogP contribution in [0.4, 0.5) is 5.69 Å². The standard InChI is InChI=1S/C23H27N5O2/c1-3-30-21(29)18-11-9-12-19(16-18)28-22(25-26-27-28)23(14-7-4-8-15-23)24-20-13-6-5-10-17(20)2/h5-6,9-13,16,24H,3-4,7-8,14-15H2,1-2H3. The molecule has 1 saturated carbocycles. The Morgan fingerprint density at radius 2 is 1.93 bits per heavy atom. The smallest absolute Gasteiger partial charge is 0.338 e. The Labute approximate surface area is 176 Å². The number of esters is 1. The van der Waals surface area contributed by atoms with Crippen molar-refractivity contribution in [2.75, 3.05) is 11.9 Å². The summed E-state index contributed by atoms with van der Waals surface area (Å²) in [4.78, 5) is 12.2. The van der Waals surface area contributed by atoms with E-state index in [1.165, 1.54) is 12.0 Å². The third-order valence-electron chi connectivity index (χ3n) is 5.73. The maximum absolute atomic E-state index is 12.2. The number of rotatable bonds is 6. The minimum Gasteiger partial charge on any atom is -0.462 e. The Bertz CT molecular complexity index is 1020. The highest BCUT2D eigenvalue weighted by Gasteiger charge is 2.39. The molecule has 1 aliphatic rings. The van der Waals surface area contributed by atoms with E-state index in [2.05, 4.69) is 39.9 Å². The molecule has 2 aromatic carbocycles. The average molecular weight is 406 g/mol. The van der Waals surface area contributed by atoms with Gasteiger partial charge in [0.25, 0.3) is 0 Å². The molecule has 4 rings (SSSR count). The molecule has 0 aliphatic heterocycles. The van der Waals surface area contributed by atoms with Crippen LogP contribution in [0.1, 0.15) is 60.8 Å². The van der Waals surface area contributed by atoms with Gasteiger partial charge in [-0.05, 0) is 66.9 Å². The van der Waals surface area contributed by atoms with Crippen LogP contribution in [-0.4, -0.2) is 32.8 Å². The lowest BCUT2D eigenvalue weighted by Crippen LogP contribution is -2.40. The number of ether oxygens (including phenoxy) is 1. The van der Waals surface area contributed by atoms with E-state index in [9.17, 15) is 4.79 Å². The number of anilines is 1. The second-order valence-electron chi connectivity index (χ2n) is 7.77. The molecule has 0 unspecified atom stereocenters. The number of benzene rings is 2. The molecule has 1 aliphatic carbocycles. The van der Waals surface area contributed by atoms with Crippen molar-refractivity contribution >= 4 is 11.7 Å². The van der Waals surface area contributed by atoms with Gasteiger partial charge in [0.2, 0.25) is 0 Å². The van der Waals surface area contributed by atoms with Gasteiger partial charge in [-0.1, -0.05) is 43.5 Å². The van der Waals surface area contributed by atoms with Gasteiger partial charge >= 0.3 is 5.97 Å². The zero-order valence-corrected chi connectivity index (χ0v) is 17.5. The number of para-hydroxylation sites is 1. The van der Waals surface area contributed by atoms with E-state index in [0.29, 0.717) is 12.2 Å². The quantitative estimate of drug-likeness (QED) is 0.612. The zero-order chi connectivity index (χ0) is 21.0. The van der Waals surface area contributed by atoms with Crippen molar-refractivity contribution in [3.63, 3.8) is 0 Å². The van der Waals surface area contributed by atoms with E-state index in [4.69, 9.17) is 4.74 Å². The molecule has 156 valence electrons. The highest BCUT2D eigenvalue weighted by Crippen LogP contribution is 2.40. The predicted octanol–water partition coefficient (Wildman–Crippen LogP) is 4.42. The second kappa shape index (κ2) is 8.65. The highest BCUT2D eigenvalue weighted by molar-refractivity contribution is 5.90. The molecular formula is C23H27N5O2. The van der Waals surface area contributed by atoms with Crippen LogP contribution in [0.3, 0.4) is 0 Å². The maximum Gasteiger partial charge on any atom is 0.338 e. The molecule has 1 aromatic heterocycles. The summed E-state index contributed by atoms with van der Waals surface area (Å²) in [5, 5.41) is 16.5. The molecule has 1 fully saturated rings. The minimum absolute atomic E-state index is 0.336. The van der Waals surface area contributed by atoms with Crippen LogP contribution in [0.15, 0.2) is 48.5 Å². The molecule has 30 heavy (non-hydrogen) atoms. The van der Waals surface area contributed by atoms with Gasteiger partial charge in [0.15, 0.2) is 5.82 Å². The van der Waals surface area contributed by atoms with Crippen molar-refractivity contribution in [2.45, 2.75) is 51.5 Å². The van der Waals surface area contributed by atoms with Crippen LogP contribution < -0.4 is 5.32 Å². The summed E-state index contributed by atoms with van der Waals surface area (Å²) in [6.07, 6.45) is 5.30. The summed E-state index contributed by atoms with van der Waals surface area (Å²) in [5.74, 6) is 0.422. The Balaban J connectivity index is 1.75. The lowest BCUT2D eigenvalue weighted by molar-refractivity contribution is 0.0526. The lowest BCUT2D eigenvalue weighted by Gasteiger charge is -2.38. The molecule has 7 heteroatoms. The lowest BCUT2D eigenvalue weighted by atomic mass is 9.80. The normalized spacial score (nSPS) is 15.5. The number of tetrazole rings is 1. The van der Waals surface area contributed by atoms with Gasteiger partial charge in [-0.2, -0.15) is 4.68 Å². The van der Waals surface area contributed by atoms with Gasteiger partial charge in [0, 0.05) is 5.69 Å². The van der Waals surface area contributed by atoms with Gasteiger partial charge < -0.3 is 10.1 Å². The van der Waals surface area contributed by atoms with E-state index in [-0.39, 0.29) is 11.5 Å².